The van der Waals surface area contributed by atoms with E-state index in [9.17, 15) is 9.00 Å². The largest absolute Gasteiger partial charge is 0.451 e. The van der Waals surface area contributed by atoms with Crippen molar-refractivity contribution in [3.8, 4) is 0 Å². The maximum Gasteiger partial charge on any atom is 0.287 e. The molecule has 0 saturated carbocycles. The smallest absolute Gasteiger partial charge is 0.287 e. The van der Waals surface area contributed by atoms with Crippen molar-refractivity contribution in [2.24, 2.45) is 5.92 Å². The topological polar surface area (TPSA) is 81.0 Å². The van der Waals surface area contributed by atoms with Gasteiger partial charge in [-0.2, -0.15) is 0 Å². The van der Waals surface area contributed by atoms with E-state index < -0.39 is 16.8 Å². The van der Waals surface area contributed by atoms with Crippen LogP contribution in [0.25, 0.3) is 11.0 Å². The Kier molecular flexibility index (Phi) is 9.61. The molecular formula is C28H42N2O5S. The summed E-state index contributed by atoms with van der Waals surface area (Å²) in [4.78, 5) is 13.5. The normalized spacial score (nSPS) is 20.0. The highest BCUT2D eigenvalue weighted by atomic mass is 32.2. The summed E-state index contributed by atoms with van der Waals surface area (Å²) in [6.45, 7) is 9.71. The first-order valence-electron chi connectivity index (χ1n) is 13.7. The fourth-order valence-corrected chi connectivity index (χ4v) is 6.56. The lowest BCUT2D eigenvalue weighted by Gasteiger charge is -2.25. The monoisotopic (exact) mass is 518 g/mol. The molecule has 8 heteroatoms. The van der Waals surface area contributed by atoms with Crippen LogP contribution in [-0.2, 0) is 20.5 Å². The molecule has 1 aromatic heterocycles. The Morgan fingerprint density at radius 1 is 1.14 bits per heavy atom. The number of amides is 1. The number of ether oxygens (including phenoxy) is 2. The average Bonchev–Trinajstić information content (AvgIpc) is 3.40. The Bertz CT molecular complexity index is 1050. The average molecular weight is 519 g/mol. The van der Waals surface area contributed by atoms with Crippen molar-refractivity contribution in [2.45, 2.75) is 89.2 Å². The van der Waals surface area contributed by atoms with Gasteiger partial charge in [0.25, 0.3) is 5.91 Å². The Labute approximate surface area is 217 Å². The van der Waals surface area contributed by atoms with Crippen molar-refractivity contribution in [1.29, 1.82) is 0 Å². The molecular weight excluding hydrogens is 476 g/mol. The Morgan fingerprint density at radius 2 is 1.92 bits per heavy atom. The molecule has 0 radical (unpaired) electrons. The number of furan rings is 1. The number of nitrogens with zero attached hydrogens (tertiary/aromatic N) is 1. The van der Waals surface area contributed by atoms with E-state index >= 15 is 0 Å². The number of unbranched alkanes of at least 4 members (excludes halogenated alkanes) is 2. The van der Waals surface area contributed by atoms with Gasteiger partial charge in [0.05, 0.1) is 18.1 Å². The number of carbonyl (C=O) groups excluding carboxylic acids is 1. The molecule has 3 heterocycles. The molecule has 0 bridgehead atoms. The quantitative estimate of drug-likeness (QED) is 0.385. The molecule has 4 rings (SSSR count). The number of nitrogens with one attached hydrogen (secondary N) is 1. The zero-order valence-electron chi connectivity index (χ0n) is 22.1. The minimum absolute atomic E-state index is 0.181. The van der Waals surface area contributed by atoms with Gasteiger partial charge in [0.1, 0.15) is 16.6 Å². The van der Waals surface area contributed by atoms with Crippen LogP contribution >= 0.6 is 0 Å². The van der Waals surface area contributed by atoms with E-state index in [4.69, 9.17) is 13.9 Å². The van der Waals surface area contributed by atoms with Crippen LogP contribution in [-0.4, -0.2) is 53.1 Å². The van der Waals surface area contributed by atoms with Crippen LogP contribution in [0.5, 0.6) is 0 Å². The molecule has 2 fully saturated rings. The minimum atomic E-state index is -1.30. The van der Waals surface area contributed by atoms with Gasteiger partial charge in [0, 0.05) is 43.4 Å². The molecule has 0 aliphatic carbocycles. The molecule has 200 valence electrons. The molecule has 1 aromatic carbocycles. The number of hydrogen-bond donors (Lipinski definition) is 1. The van der Waals surface area contributed by atoms with Gasteiger partial charge in [0.15, 0.2) is 11.5 Å². The summed E-state index contributed by atoms with van der Waals surface area (Å²) < 4.78 is 33.0. The number of aryl methyl sites for hydroxylation is 1. The van der Waals surface area contributed by atoms with Crippen molar-refractivity contribution in [3.63, 3.8) is 0 Å². The van der Waals surface area contributed by atoms with E-state index in [-0.39, 0.29) is 5.91 Å². The van der Waals surface area contributed by atoms with Gasteiger partial charge in [-0.05, 0) is 50.3 Å². The summed E-state index contributed by atoms with van der Waals surface area (Å²) in [5, 5.41) is 3.86. The summed E-state index contributed by atoms with van der Waals surface area (Å²) in [7, 11) is -1.30. The lowest BCUT2D eigenvalue weighted by molar-refractivity contribution is -0.163. The van der Waals surface area contributed by atoms with E-state index in [1.54, 1.807) is 0 Å². The second-order valence-corrected chi connectivity index (χ2v) is 11.8. The van der Waals surface area contributed by atoms with Crippen LogP contribution in [0, 0.1) is 12.8 Å². The van der Waals surface area contributed by atoms with Gasteiger partial charge < -0.3 is 19.2 Å². The third-order valence-corrected chi connectivity index (χ3v) is 9.02. The van der Waals surface area contributed by atoms with Crippen molar-refractivity contribution in [2.75, 3.05) is 32.8 Å². The summed E-state index contributed by atoms with van der Waals surface area (Å²) >= 11 is 0. The SMILES string of the molecule is CCCCCC(C)CCCNC(=O)c1oc2ccc(S(=O)N3CCCC4(CC3)OCCO4)cc2c1C. The first kappa shape index (κ1) is 27.3. The molecule has 2 unspecified atom stereocenters. The van der Waals surface area contributed by atoms with Crippen LogP contribution in [0.3, 0.4) is 0 Å². The van der Waals surface area contributed by atoms with Crippen molar-refractivity contribution in [1.82, 2.24) is 9.62 Å². The molecule has 1 amide bonds. The van der Waals surface area contributed by atoms with E-state index in [1.807, 2.05) is 29.4 Å². The highest BCUT2D eigenvalue weighted by Gasteiger charge is 2.39. The molecule has 1 N–H and O–H groups in total. The van der Waals surface area contributed by atoms with Gasteiger partial charge in [-0.1, -0.05) is 39.5 Å². The van der Waals surface area contributed by atoms with Gasteiger partial charge in [-0.15, -0.1) is 0 Å². The van der Waals surface area contributed by atoms with Crippen molar-refractivity contribution < 1.29 is 22.9 Å². The summed E-state index contributed by atoms with van der Waals surface area (Å²) in [5.74, 6) is 0.351. The molecule has 7 nitrogen and oxygen atoms in total. The molecule has 36 heavy (non-hydrogen) atoms. The van der Waals surface area contributed by atoms with Gasteiger partial charge in [-0.25, -0.2) is 8.51 Å². The summed E-state index contributed by atoms with van der Waals surface area (Å²) in [6, 6.07) is 5.57. The van der Waals surface area contributed by atoms with Crippen molar-refractivity contribution >= 4 is 27.9 Å². The van der Waals surface area contributed by atoms with Gasteiger partial charge in [0.2, 0.25) is 0 Å². The van der Waals surface area contributed by atoms with Crippen LogP contribution in [0.1, 0.15) is 87.8 Å². The molecule has 1 spiro atoms. The lowest BCUT2D eigenvalue weighted by atomic mass is 9.98. The number of benzene rings is 1. The van der Waals surface area contributed by atoms with Crippen LogP contribution in [0.4, 0.5) is 0 Å². The fourth-order valence-electron chi connectivity index (χ4n) is 5.30. The Hall–Kier alpha value is -1.74. The molecule has 2 aromatic rings. The molecule has 2 atom stereocenters. The molecule has 2 saturated heterocycles. The van der Waals surface area contributed by atoms with Crippen LogP contribution in [0.2, 0.25) is 0 Å². The Balaban J connectivity index is 1.34. The van der Waals surface area contributed by atoms with Crippen molar-refractivity contribution in [3.05, 3.63) is 29.5 Å². The summed E-state index contributed by atoms with van der Waals surface area (Å²) in [5.41, 5.74) is 1.43. The molecule has 2 aliphatic heterocycles. The van der Waals surface area contributed by atoms with Gasteiger partial charge in [-0.3, -0.25) is 4.79 Å². The third-order valence-electron chi connectivity index (χ3n) is 7.53. The van der Waals surface area contributed by atoms with E-state index in [1.165, 1.54) is 25.7 Å². The van der Waals surface area contributed by atoms with E-state index in [0.29, 0.717) is 50.0 Å². The zero-order valence-corrected chi connectivity index (χ0v) is 22.9. The van der Waals surface area contributed by atoms with E-state index in [0.717, 1.165) is 48.1 Å². The predicted octanol–water partition coefficient (Wildman–Crippen LogP) is 5.72. The van der Waals surface area contributed by atoms with Crippen LogP contribution in [0.15, 0.2) is 27.5 Å². The highest BCUT2D eigenvalue weighted by Crippen LogP contribution is 2.33. The Morgan fingerprint density at radius 3 is 2.69 bits per heavy atom. The summed E-state index contributed by atoms with van der Waals surface area (Å²) in [6.07, 6.45) is 9.60. The number of hydrogen-bond acceptors (Lipinski definition) is 5. The van der Waals surface area contributed by atoms with Gasteiger partial charge >= 0.3 is 0 Å². The first-order valence-corrected chi connectivity index (χ1v) is 14.8. The van der Waals surface area contributed by atoms with E-state index in [2.05, 4.69) is 19.2 Å². The lowest BCUT2D eigenvalue weighted by Crippen LogP contribution is -2.32. The zero-order chi connectivity index (χ0) is 25.5. The standard InChI is InChI=1S/C28H42N2O5S/c1-4-5-6-9-21(2)10-7-15-29-27(31)26-22(3)24-20-23(11-12-25(24)35-26)36(32)30-16-8-13-28(14-17-30)33-18-19-34-28/h11-12,20-21H,4-10,13-19H2,1-3H3,(H,29,31). The molecule has 2 aliphatic rings. The maximum atomic E-state index is 13.4. The number of carbonyl (C=O) groups is 1. The highest BCUT2D eigenvalue weighted by molar-refractivity contribution is 7.82. The number of fused-ring (bicyclic) bond motifs is 1. The minimum Gasteiger partial charge on any atom is -0.451 e. The maximum absolute atomic E-state index is 13.4. The first-order chi connectivity index (χ1) is 17.4. The predicted molar refractivity (Wildman–Crippen MR) is 142 cm³/mol. The van der Waals surface area contributed by atoms with Crippen LogP contribution < -0.4 is 5.32 Å². The third kappa shape index (κ3) is 6.57. The second kappa shape index (κ2) is 12.7. The fraction of sp³-hybridized carbons (Fsp3) is 0.679. The number of rotatable bonds is 11. The second-order valence-electron chi connectivity index (χ2n) is 10.4.